The number of nitriles is 1. The second-order valence-corrected chi connectivity index (χ2v) is 1.94. The highest BCUT2D eigenvalue weighted by Gasteiger charge is 1.92. The van der Waals surface area contributed by atoms with E-state index in [1.807, 2.05) is 13.0 Å². The van der Waals surface area contributed by atoms with Crippen LogP contribution in [-0.4, -0.2) is 16.5 Å². The number of rotatable bonds is 2. The molecule has 1 aromatic heterocycles. The van der Waals surface area contributed by atoms with Crippen LogP contribution in [0.5, 0.6) is 0 Å². The van der Waals surface area contributed by atoms with E-state index in [1.54, 1.807) is 12.4 Å². The molecule has 0 aliphatic rings. The average Bonchev–Trinajstić information content (AvgIpc) is 2.07. The Hall–Kier alpha value is -1.63. The van der Waals surface area contributed by atoms with Crippen molar-refractivity contribution in [2.45, 2.75) is 6.92 Å². The molecule has 1 aromatic rings. The van der Waals surface area contributed by atoms with E-state index in [4.69, 9.17) is 5.26 Å². The summed E-state index contributed by atoms with van der Waals surface area (Å²) in [5, 5.41) is 11.4. The van der Waals surface area contributed by atoms with E-state index in [9.17, 15) is 0 Å². The molecule has 11 heavy (non-hydrogen) atoms. The quantitative estimate of drug-likeness (QED) is 0.673. The van der Waals surface area contributed by atoms with Gasteiger partial charge < -0.3 is 5.32 Å². The molecule has 1 rings (SSSR count). The molecule has 0 aliphatic carbocycles. The summed E-state index contributed by atoms with van der Waals surface area (Å²) in [7, 11) is 0. The summed E-state index contributed by atoms with van der Waals surface area (Å²) in [4.78, 5) is 7.56. The highest BCUT2D eigenvalue weighted by Crippen LogP contribution is 2.00. The first-order chi connectivity index (χ1) is 5.36. The molecule has 0 fully saturated rings. The highest BCUT2D eigenvalue weighted by atomic mass is 14.9. The maximum absolute atomic E-state index is 8.36. The van der Waals surface area contributed by atoms with E-state index >= 15 is 0 Å². The van der Waals surface area contributed by atoms with Gasteiger partial charge in [0.05, 0.1) is 18.1 Å². The van der Waals surface area contributed by atoms with Crippen molar-refractivity contribution in [1.82, 2.24) is 9.97 Å². The summed E-state index contributed by atoms with van der Waals surface area (Å²) in [6.45, 7) is 2.81. The number of aromatic nitrogens is 2. The van der Waals surface area contributed by atoms with Crippen molar-refractivity contribution in [2.75, 3.05) is 11.9 Å². The molecule has 1 heterocycles. The topological polar surface area (TPSA) is 61.6 Å². The van der Waals surface area contributed by atoms with Crippen LogP contribution in [0.1, 0.15) is 12.7 Å². The molecule has 0 saturated heterocycles. The Bertz CT molecular complexity index is 259. The zero-order valence-corrected chi connectivity index (χ0v) is 6.20. The van der Waals surface area contributed by atoms with E-state index in [1.165, 1.54) is 0 Å². The molecule has 1 N–H and O–H groups in total. The summed E-state index contributed by atoms with van der Waals surface area (Å²) in [6.07, 6.45) is 3.18. The normalized spacial score (nSPS) is 8.73. The van der Waals surface area contributed by atoms with Crippen LogP contribution in [0.25, 0.3) is 0 Å². The molecule has 0 amide bonds. The maximum atomic E-state index is 8.36. The first-order valence-electron chi connectivity index (χ1n) is 3.33. The first kappa shape index (κ1) is 7.48. The van der Waals surface area contributed by atoms with Crippen molar-refractivity contribution in [3.63, 3.8) is 0 Å². The van der Waals surface area contributed by atoms with Crippen LogP contribution >= 0.6 is 0 Å². The lowest BCUT2D eigenvalue weighted by Gasteiger charge is -1.99. The summed E-state index contributed by atoms with van der Waals surface area (Å²) in [5.41, 5.74) is 0.839. The van der Waals surface area contributed by atoms with Gasteiger partial charge in [-0.1, -0.05) is 0 Å². The monoisotopic (exact) mass is 148 g/mol. The van der Waals surface area contributed by atoms with Gasteiger partial charge in [0.1, 0.15) is 6.07 Å². The fourth-order valence-electron chi connectivity index (χ4n) is 0.681. The molecule has 0 bridgehead atoms. The molecule has 0 atom stereocenters. The zero-order valence-electron chi connectivity index (χ0n) is 6.20. The summed E-state index contributed by atoms with van der Waals surface area (Å²) in [5.74, 6) is 0.201. The Kier molecular flexibility index (Phi) is 2.39. The van der Waals surface area contributed by atoms with Crippen LogP contribution in [0.4, 0.5) is 5.69 Å². The standard InChI is InChI=1S/C7H8N4/c1-2-9-6-4-10-7(3-8)11-5-6/h4-5,9H,2H2,1H3. The zero-order chi connectivity index (χ0) is 8.10. The lowest BCUT2D eigenvalue weighted by Crippen LogP contribution is -1.98. The second-order valence-electron chi connectivity index (χ2n) is 1.94. The van der Waals surface area contributed by atoms with E-state index in [0.717, 1.165) is 12.2 Å². The molecule has 0 saturated carbocycles. The molecule has 56 valence electrons. The van der Waals surface area contributed by atoms with Gasteiger partial charge in [0.2, 0.25) is 5.82 Å². The highest BCUT2D eigenvalue weighted by molar-refractivity contribution is 5.38. The van der Waals surface area contributed by atoms with Gasteiger partial charge in [-0.3, -0.25) is 0 Å². The summed E-state index contributed by atoms with van der Waals surface area (Å²) >= 11 is 0. The minimum absolute atomic E-state index is 0.201. The second kappa shape index (κ2) is 3.52. The van der Waals surface area contributed by atoms with Crippen LogP contribution < -0.4 is 5.32 Å². The number of nitrogens with one attached hydrogen (secondary N) is 1. The minimum Gasteiger partial charge on any atom is -0.383 e. The molecule has 0 radical (unpaired) electrons. The first-order valence-corrected chi connectivity index (χ1v) is 3.33. The smallest absolute Gasteiger partial charge is 0.232 e. The molecular weight excluding hydrogens is 140 g/mol. The van der Waals surface area contributed by atoms with E-state index in [2.05, 4.69) is 15.3 Å². The van der Waals surface area contributed by atoms with Crippen molar-refractivity contribution < 1.29 is 0 Å². The summed E-state index contributed by atoms with van der Waals surface area (Å²) in [6, 6.07) is 1.85. The van der Waals surface area contributed by atoms with Crippen molar-refractivity contribution in [3.05, 3.63) is 18.2 Å². The van der Waals surface area contributed by atoms with Crippen LogP contribution in [0.15, 0.2) is 12.4 Å². The van der Waals surface area contributed by atoms with Gasteiger partial charge in [0, 0.05) is 6.54 Å². The Morgan fingerprint density at radius 3 is 2.64 bits per heavy atom. The predicted octanol–water partition coefficient (Wildman–Crippen LogP) is 0.780. The number of hydrogen-bond donors (Lipinski definition) is 1. The van der Waals surface area contributed by atoms with Crippen molar-refractivity contribution in [1.29, 1.82) is 5.26 Å². The third kappa shape index (κ3) is 1.90. The molecule has 0 aliphatic heterocycles. The van der Waals surface area contributed by atoms with Gasteiger partial charge in [-0.2, -0.15) is 5.26 Å². The van der Waals surface area contributed by atoms with Gasteiger partial charge in [0.25, 0.3) is 0 Å². The average molecular weight is 148 g/mol. The fourth-order valence-corrected chi connectivity index (χ4v) is 0.681. The lowest BCUT2D eigenvalue weighted by molar-refractivity contribution is 1.09. The number of nitrogens with zero attached hydrogens (tertiary/aromatic N) is 3. The van der Waals surface area contributed by atoms with Gasteiger partial charge >= 0.3 is 0 Å². The molecular formula is C7H8N4. The Morgan fingerprint density at radius 1 is 1.55 bits per heavy atom. The van der Waals surface area contributed by atoms with Crippen LogP contribution in [0.2, 0.25) is 0 Å². The summed E-state index contributed by atoms with van der Waals surface area (Å²) < 4.78 is 0. The molecule has 0 aromatic carbocycles. The van der Waals surface area contributed by atoms with E-state index in [0.29, 0.717) is 0 Å². The van der Waals surface area contributed by atoms with Gasteiger partial charge in [0.15, 0.2) is 0 Å². The van der Waals surface area contributed by atoms with Gasteiger partial charge in [-0.05, 0) is 6.92 Å². The van der Waals surface area contributed by atoms with Crippen LogP contribution in [0.3, 0.4) is 0 Å². The molecule has 0 unspecified atom stereocenters. The number of anilines is 1. The van der Waals surface area contributed by atoms with Crippen LogP contribution in [-0.2, 0) is 0 Å². The SMILES string of the molecule is CCNc1cnc(C#N)nc1. The van der Waals surface area contributed by atoms with Crippen molar-refractivity contribution in [2.24, 2.45) is 0 Å². The lowest BCUT2D eigenvalue weighted by atomic mass is 10.5. The van der Waals surface area contributed by atoms with E-state index < -0.39 is 0 Å². The van der Waals surface area contributed by atoms with Gasteiger partial charge in [-0.15, -0.1) is 0 Å². The van der Waals surface area contributed by atoms with Gasteiger partial charge in [-0.25, -0.2) is 9.97 Å². The molecule has 0 spiro atoms. The maximum Gasteiger partial charge on any atom is 0.232 e. The predicted molar refractivity (Wildman–Crippen MR) is 40.9 cm³/mol. The third-order valence-corrected chi connectivity index (χ3v) is 1.13. The third-order valence-electron chi connectivity index (χ3n) is 1.13. The number of hydrogen-bond acceptors (Lipinski definition) is 4. The largest absolute Gasteiger partial charge is 0.383 e. The molecule has 4 nitrogen and oxygen atoms in total. The van der Waals surface area contributed by atoms with Crippen molar-refractivity contribution >= 4 is 5.69 Å². The molecule has 4 heteroatoms. The Labute approximate surface area is 64.9 Å². The van der Waals surface area contributed by atoms with E-state index in [-0.39, 0.29) is 5.82 Å². The minimum atomic E-state index is 0.201. The van der Waals surface area contributed by atoms with Crippen molar-refractivity contribution in [3.8, 4) is 6.07 Å². The van der Waals surface area contributed by atoms with Crippen LogP contribution in [0, 0.1) is 11.3 Å². The fraction of sp³-hybridized carbons (Fsp3) is 0.286. The Balaban J connectivity index is 2.76. The Morgan fingerprint density at radius 2 is 2.18 bits per heavy atom.